The summed E-state index contributed by atoms with van der Waals surface area (Å²) in [5.74, 6) is -6.97. The Kier molecular flexibility index (Phi) is 6.75. The molecule has 6 nitrogen and oxygen atoms in total. The number of carbonyl (C=O) groups is 3. The molecule has 0 bridgehead atoms. The van der Waals surface area contributed by atoms with Gasteiger partial charge in [0.05, 0.1) is 23.5 Å². The van der Waals surface area contributed by atoms with E-state index in [4.69, 9.17) is 4.74 Å². The second-order valence-corrected chi connectivity index (χ2v) is 5.61. The standard InChI is InChI=1S/C19H17F3N2O4/c1-3-28-19(27)12-6-4-5-7-14(12)23-16(26)10-24(11(2)25)15-9-8-13(20)17(21)18(15)22/h4-9H,3,10H2,1-2H3,(H,23,26). The van der Waals surface area contributed by atoms with Gasteiger partial charge in [0.25, 0.3) is 0 Å². The van der Waals surface area contributed by atoms with Crippen LogP contribution in [0.3, 0.4) is 0 Å². The predicted octanol–water partition coefficient (Wildman–Crippen LogP) is 3.27. The zero-order chi connectivity index (χ0) is 20.8. The second-order valence-electron chi connectivity index (χ2n) is 5.61. The molecule has 0 saturated heterocycles. The van der Waals surface area contributed by atoms with Crippen molar-refractivity contribution in [2.75, 3.05) is 23.4 Å². The molecule has 0 aliphatic rings. The van der Waals surface area contributed by atoms with Crippen molar-refractivity contribution in [2.45, 2.75) is 13.8 Å². The van der Waals surface area contributed by atoms with Crippen molar-refractivity contribution in [2.24, 2.45) is 0 Å². The molecule has 148 valence electrons. The van der Waals surface area contributed by atoms with Gasteiger partial charge in [-0.2, -0.15) is 0 Å². The molecule has 0 aromatic heterocycles. The Balaban J connectivity index is 2.25. The molecule has 0 aliphatic carbocycles. The second kappa shape index (κ2) is 9.03. The smallest absolute Gasteiger partial charge is 0.340 e. The molecule has 0 radical (unpaired) electrons. The van der Waals surface area contributed by atoms with Crippen LogP contribution in [0.15, 0.2) is 36.4 Å². The molecule has 2 aromatic carbocycles. The number of nitrogens with one attached hydrogen (secondary N) is 1. The lowest BCUT2D eigenvalue weighted by Gasteiger charge is -2.21. The Morgan fingerprint density at radius 1 is 1.04 bits per heavy atom. The minimum Gasteiger partial charge on any atom is -0.462 e. The van der Waals surface area contributed by atoms with Gasteiger partial charge in [-0.15, -0.1) is 0 Å². The summed E-state index contributed by atoms with van der Waals surface area (Å²) in [5.41, 5.74) is -0.369. The molecule has 2 amide bonds. The first-order valence-corrected chi connectivity index (χ1v) is 8.23. The maximum absolute atomic E-state index is 14.0. The summed E-state index contributed by atoms with van der Waals surface area (Å²) in [6, 6.07) is 7.52. The Morgan fingerprint density at radius 2 is 1.71 bits per heavy atom. The predicted molar refractivity (Wildman–Crippen MR) is 95.4 cm³/mol. The molecule has 0 fully saturated rings. The van der Waals surface area contributed by atoms with Crippen LogP contribution in [0.4, 0.5) is 24.5 Å². The number of carbonyl (C=O) groups excluding carboxylic acids is 3. The number of rotatable bonds is 6. The number of halogens is 3. The fourth-order valence-corrected chi connectivity index (χ4v) is 2.40. The molecule has 0 heterocycles. The quantitative estimate of drug-likeness (QED) is 0.603. The van der Waals surface area contributed by atoms with Crippen LogP contribution in [0.1, 0.15) is 24.2 Å². The van der Waals surface area contributed by atoms with Crippen LogP contribution in [0.5, 0.6) is 0 Å². The molecule has 0 aliphatic heterocycles. The Labute approximate surface area is 158 Å². The molecular formula is C19H17F3N2O4. The third-order valence-electron chi connectivity index (χ3n) is 3.68. The number of anilines is 2. The Bertz CT molecular complexity index is 918. The van der Waals surface area contributed by atoms with E-state index in [2.05, 4.69) is 5.32 Å². The fourth-order valence-electron chi connectivity index (χ4n) is 2.40. The highest BCUT2D eigenvalue weighted by Crippen LogP contribution is 2.24. The van der Waals surface area contributed by atoms with Crippen molar-refractivity contribution in [3.05, 3.63) is 59.4 Å². The van der Waals surface area contributed by atoms with E-state index >= 15 is 0 Å². The molecular weight excluding hydrogens is 377 g/mol. The largest absolute Gasteiger partial charge is 0.462 e. The van der Waals surface area contributed by atoms with E-state index in [-0.39, 0.29) is 17.9 Å². The van der Waals surface area contributed by atoms with Crippen LogP contribution in [0.25, 0.3) is 0 Å². The van der Waals surface area contributed by atoms with E-state index in [1.807, 2.05) is 0 Å². The van der Waals surface area contributed by atoms with Crippen LogP contribution in [-0.2, 0) is 14.3 Å². The lowest BCUT2D eigenvalue weighted by molar-refractivity contribution is -0.120. The van der Waals surface area contributed by atoms with Crippen molar-refractivity contribution in [3.63, 3.8) is 0 Å². The molecule has 2 rings (SSSR count). The summed E-state index contributed by atoms with van der Waals surface area (Å²) < 4.78 is 45.5. The number of esters is 1. The minimum atomic E-state index is -1.75. The molecule has 28 heavy (non-hydrogen) atoms. The highest BCUT2D eigenvalue weighted by Gasteiger charge is 2.24. The summed E-state index contributed by atoms with van der Waals surface area (Å²) in [6.45, 7) is 2.11. The number of amides is 2. The molecule has 0 saturated carbocycles. The highest BCUT2D eigenvalue weighted by molar-refractivity contribution is 6.05. The van der Waals surface area contributed by atoms with Gasteiger partial charge in [0.2, 0.25) is 11.8 Å². The van der Waals surface area contributed by atoms with Gasteiger partial charge >= 0.3 is 5.97 Å². The maximum Gasteiger partial charge on any atom is 0.340 e. The minimum absolute atomic E-state index is 0.0890. The Hall–Kier alpha value is -3.36. The zero-order valence-corrected chi connectivity index (χ0v) is 15.1. The number of nitrogens with zero attached hydrogens (tertiary/aromatic N) is 1. The molecule has 9 heteroatoms. The highest BCUT2D eigenvalue weighted by atomic mass is 19.2. The van der Waals surface area contributed by atoms with Crippen LogP contribution in [0, 0.1) is 17.5 Å². The number of para-hydroxylation sites is 1. The SMILES string of the molecule is CCOC(=O)c1ccccc1NC(=O)CN(C(C)=O)c1ccc(F)c(F)c1F. The maximum atomic E-state index is 14.0. The van der Waals surface area contributed by atoms with E-state index in [9.17, 15) is 27.6 Å². The fraction of sp³-hybridized carbons (Fsp3) is 0.211. The van der Waals surface area contributed by atoms with Crippen molar-refractivity contribution >= 4 is 29.2 Å². The van der Waals surface area contributed by atoms with Crippen molar-refractivity contribution in [3.8, 4) is 0 Å². The van der Waals surface area contributed by atoms with Crippen LogP contribution < -0.4 is 10.2 Å². The van der Waals surface area contributed by atoms with E-state index in [1.165, 1.54) is 12.1 Å². The summed E-state index contributed by atoms with van der Waals surface area (Å²) in [7, 11) is 0. The van der Waals surface area contributed by atoms with Crippen molar-refractivity contribution in [1.29, 1.82) is 0 Å². The van der Waals surface area contributed by atoms with E-state index in [0.29, 0.717) is 11.0 Å². The molecule has 0 unspecified atom stereocenters. The molecule has 2 aromatic rings. The summed E-state index contributed by atoms with van der Waals surface area (Å²) in [6.07, 6.45) is 0. The monoisotopic (exact) mass is 394 g/mol. The zero-order valence-electron chi connectivity index (χ0n) is 15.1. The van der Waals surface area contributed by atoms with Gasteiger partial charge in [0.1, 0.15) is 6.54 Å². The average molecular weight is 394 g/mol. The normalized spacial score (nSPS) is 10.3. The lowest BCUT2D eigenvalue weighted by Crippen LogP contribution is -2.37. The number of benzene rings is 2. The third kappa shape index (κ3) is 4.67. The van der Waals surface area contributed by atoms with Gasteiger partial charge in [0.15, 0.2) is 17.5 Å². The van der Waals surface area contributed by atoms with Gasteiger partial charge < -0.3 is 15.0 Å². The summed E-state index contributed by atoms with van der Waals surface area (Å²) >= 11 is 0. The number of hydrogen-bond donors (Lipinski definition) is 1. The van der Waals surface area contributed by atoms with Gasteiger partial charge in [-0.25, -0.2) is 18.0 Å². The Morgan fingerprint density at radius 3 is 2.36 bits per heavy atom. The van der Waals surface area contributed by atoms with E-state index < -0.39 is 47.5 Å². The topological polar surface area (TPSA) is 75.7 Å². The van der Waals surface area contributed by atoms with Crippen LogP contribution in [0.2, 0.25) is 0 Å². The van der Waals surface area contributed by atoms with E-state index in [1.54, 1.807) is 19.1 Å². The molecule has 0 atom stereocenters. The van der Waals surface area contributed by atoms with Crippen LogP contribution in [-0.4, -0.2) is 30.9 Å². The number of ether oxygens (including phenoxy) is 1. The summed E-state index contributed by atoms with van der Waals surface area (Å²) in [5, 5.41) is 2.43. The average Bonchev–Trinajstić information content (AvgIpc) is 2.65. The first-order valence-electron chi connectivity index (χ1n) is 8.23. The molecule has 1 N–H and O–H groups in total. The third-order valence-corrected chi connectivity index (χ3v) is 3.68. The number of hydrogen-bond acceptors (Lipinski definition) is 4. The van der Waals surface area contributed by atoms with Crippen molar-refractivity contribution in [1.82, 2.24) is 0 Å². The lowest BCUT2D eigenvalue weighted by atomic mass is 10.1. The van der Waals surface area contributed by atoms with Gasteiger partial charge in [-0.3, -0.25) is 9.59 Å². The summed E-state index contributed by atoms with van der Waals surface area (Å²) in [4.78, 5) is 36.8. The van der Waals surface area contributed by atoms with Crippen LogP contribution >= 0.6 is 0 Å². The van der Waals surface area contributed by atoms with Gasteiger partial charge in [0, 0.05) is 6.92 Å². The first-order chi connectivity index (χ1) is 13.3. The first kappa shape index (κ1) is 20.9. The molecule has 0 spiro atoms. The van der Waals surface area contributed by atoms with Gasteiger partial charge in [-0.1, -0.05) is 12.1 Å². The van der Waals surface area contributed by atoms with Crippen molar-refractivity contribution < 1.29 is 32.3 Å². The van der Waals surface area contributed by atoms with E-state index in [0.717, 1.165) is 13.0 Å². The van der Waals surface area contributed by atoms with Gasteiger partial charge in [-0.05, 0) is 31.2 Å².